The molecule has 0 aliphatic carbocycles. The van der Waals surface area contributed by atoms with Crippen molar-refractivity contribution in [3.63, 3.8) is 0 Å². The molecule has 7 heteroatoms. The van der Waals surface area contributed by atoms with Crippen molar-refractivity contribution in [2.45, 2.75) is 19.9 Å². The Morgan fingerprint density at radius 3 is 2.69 bits per heavy atom. The monoisotopic (exact) mass is 392 g/mol. The van der Waals surface area contributed by atoms with Crippen LogP contribution in [-0.4, -0.2) is 42.4 Å². The molecule has 0 atom stereocenters. The first-order valence-corrected chi connectivity index (χ1v) is 9.59. The molecule has 29 heavy (non-hydrogen) atoms. The van der Waals surface area contributed by atoms with Crippen LogP contribution in [0.3, 0.4) is 0 Å². The molecule has 0 fully saturated rings. The van der Waals surface area contributed by atoms with Crippen molar-refractivity contribution in [3.05, 3.63) is 54.2 Å². The Balaban J connectivity index is 1.72. The molecule has 2 heterocycles. The fraction of sp³-hybridized carbons (Fsp3) is 0.273. The number of H-pyrrole nitrogens is 1. The van der Waals surface area contributed by atoms with Gasteiger partial charge in [-0.2, -0.15) is 5.10 Å². The molecule has 1 amide bonds. The van der Waals surface area contributed by atoms with Gasteiger partial charge in [-0.3, -0.25) is 9.89 Å². The van der Waals surface area contributed by atoms with Crippen molar-refractivity contribution >= 4 is 17.3 Å². The zero-order chi connectivity index (χ0) is 20.4. The minimum absolute atomic E-state index is 0.205. The molecule has 3 aromatic rings. The summed E-state index contributed by atoms with van der Waals surface area (Å²) in [7, 11) is 1.61. The Kier molecular flexibility index (Phi) is 5.12. The number of ether oxygens (including phenoxy) is 2. The fourth-order valence-corrected chi connectivity index (χ4v) is 3.52. The van der Waals surface area contributed by atoms with Gasteiger partial charge in [-0.15, -0.1) is 0 Å². The first-order chi connectivity index (χ1) is 14.1. The molecular weight excluding hydrogens is 368 g/mol. The number of amides is 1. The molecule has 0 spiro atoms. The van der Waals surface area contributed by atoms with E-state index in [4.69, 9.17) is 9.47 Å². The third kappa shape index (κ3) is 3.76. The summed E-state index contributed by atoms with van der Waals surface area (Å²) in [4.78, 5) is 15.2. The highest BCUT2D eigenvalue weighted by molar-refractivity contribution is 6.06. The Morgan fingerprint density at radius 2 is 2.03 bits per heavy atom. The third-order valence-electron chi connectivity index (χ3n) is 4.98. The van der Waals surface area contributed by atoms with Crippen molar-refractivity contribution in [1.82, 2.24) is 10.2 Å². The number of methoxy groups -OCH3 is 1. The summed E-state index contributed by atoms with van der Waals surface area (Å²) >= 11 is 0. The molecule has 2 N–H and O–H groups in total. The minimum atomic E-state index is -0.205. The average molecular weight is 392 g/mol. The van der Waals surface area contributed by atoms with Gasteiger partial charge in [-0.1, -0.05) is 0 Å². The second kappa shape index (κ2) is 7.87. The Bertz CT molecular complexity index is 998. The van der Waals surface area contributed by atoms with Crippen molar-refractivity contribution in [1.29, 1.82) is 0 Å². The van der Waals surface area contributed by atoms with Gasteiger partial charge < -0.3 is 19.7 Å². The molecule has 4 rings (SSSR count). The van der Waals surface area contributed by atoms with E-state index in [2.05, 4.69) is 34.3 Å². The van der Waals surface area contributed by atoms with E-state index in [0.717, 1.165) is 29.2 Å². The SMILES string of the molecule is COc1ccc(NC(=O)c2cc3c(c(-c4ccn[nH]4)c2)N(C(C)C)CCO3)cc1. The van der Waals surface area contributed by atoms with Gasteiger partial charge in [-0.25, -0.2) is 0 Å². The predicted octanol–water partition coefficient (Wildman–Crippen LogP) is 3.94. The molecule has 0 saturated carbocycles. The van der Waals surface area contributed by atoms with Gasteiger partial charge in [0, 0.05) is 29.1 Å². The summed E-state index contributed by atoms with van der Waals surface area (Å²) in [5, 5.41) is 10.0. The molecule has 1 aliphatic rings. The van der Waals surface area contributed by atoms with Crippen LogP contribution in [0.15, 0.2) is 48.7 Å². The van der Waals surface area contributed by atoms with Crippen LogP contribution in [0.5, 0.6) is 11.5 Å². The van der Waals surface area contributed by atoms with E-state index in [9.17, 15) is 4.79 Å². The normalized spacial score (nSPS) is 13.0. The number of hydrogen-bond acceptors (Lipinski definition) is 5. The number of fused-ring (bicyclic) bond motifs is 1. The Hall–Kier alpha value is -3.48. The highest BCUT2D eigenvalue weighted by Crippen LogP contribution is 2.42. The maximum absolute atomic E-state index is 13.0. The quantitative estimate of drug-likeness (QED) is 0.687. The first-order valence-electron chi connectivity index (χ1n) is 9.59. The number of aromatic nitrogens is 2. The maximum atomic E-state index is 13.0. The summed E-state index contributed by atoms with van der Waals surface area (Å²) in [6.07, 6.45) is 1.70. The average Bonchev–Trinajstić information content (AvgIpc) is 3.27. The van der Waals surface area contributed by atoms with Crippen LogP contribution in [0.1, 0.15) is 24.2 Å². The lowest BCUT2D eigenvalue weighted by molar-refractivity contribution is 0.102. The van der Waals surface area contributed by atoms with Crippen molar-refractivity contribution in [3.8, 4) is 22.8 Å². The minimum Gasteiger partial charge on any atom is -0.497 e. The van der Waals surface area contributed by atoms with Crippen LogP contribution in [0.2, 0.25) is 0 Å². The molecule has 1 aromatic heterocycles. The fourth-order valence-electron chi connectivity index (χ4n) is 3.52. The summed E-state index contributed by atoms with van der Waals surface area (Å²) in [5.74, 6) is 1.24. The van der Waals surface area contributed by atoms with E-state index >= 15 is 0 Å². The smallest absolute Gasteiger partial charge is 0.255 e. The van der Waals surface area contributed by atoms with Gasteiger partial charge in [0.15, 0.2) is 0 Å². The van der Waals surface area contributed by atoms with Crippen molar-refractivity contribution in [2.75, 3.05) is 30.5 Å². The van der Waals surface area contributed by atoms with Crippen LogP contribution in [0.25, 0.3) is 11.3 Å². The van der Waals surface area contributed by atoms with Crippen LogP contribution >= 0.6 is 0 Å². The van der Waals surface area contributed by atoms with E-state index < -0.39 is 0 Å². The van der Waals surface area contributed by atoms with Gasteiger partial charge in [-0.05, 0) is 56.3 Å². The molecule has 0 saturated heterocycles. The topological polar surface area (TPSA) is 79.5 Å². The number of benzene rings is 2. The summed E-state index contributed by atoms with van der Waals surface area (Å²) < 4.78 is 11.1. The highest BCUT2D eigenvalue weighted by Gasteiger charge is 2.27. The van der Waals surface area contributed by atoms with Gasteiger partial charge in [0.05, 0.1) is 25.0 Å². The van der Waals surface area contributed by atoms with E-state index in [0.29, 0.717) is 29.6 Å². The zero-order valence-electron chi connectivity index (χ0n) is 16.7. The molecule has 0 bridgehead atoms. The number of nitrogens with zero attached hydrogens (tertiary/aromatic N) is 2. The third-order valence-corrected chi connectivity index (χ3v) is 4.98. The number of nitrogens with one attached hydrogen (secondary N) is 2. The van der Waals surface area contributed by atoms with E-state index in [1.54, 1.807) is 13.3 Å². The molecule has 0 unspecified atom stereocenters. The summed E-state index contributed by atoms with van der Waals surface area (Å²) in [6.45, 7) is 5.67. The van der Waals surface area contributed by atoms with Crippen molar-refractivity contribution in [2.24, 2.45) is 0 Å². The van der Waals surface area contributed by atoms with Gasteiger partial charge in [0.2, 0.25) is 0 Å². The lowest BCUT2D eigenvalue weighted by atomic mass is 10.0. The number of carbonyl (C=O) groups excluding carboxylic acids is 1. The molecule has 0 radical (unpaired) electrons. The zero-order valence-corrected chi connectivity index (χ0v) is 16.7. The summed E-state index contributed by atoms with van der Waals surface area (Å²) in [6, 6.07) is 13.1. The van der Waals surface area contributed by atoms with E-state index in [1.165, 1.54) is 0 Å². The predicted molar refractivity (Wildman–Crippen MR) is 113 cm³/mol. The van der Waals surface area contributed by atoms with Crippen LogP contribution in [-0.2, 0) is 0 Å². The second-order valence-electron chi connectivity index (χ2n) is 7.16. The Labute approximate surface area is 169 Å². The first kappa shape index (κ1) is 18.9. The molecule has 150 valence electrons. The standard InChI is InChI=1S/C22H24N4O3/c1-14(2)26-10-11-29-20-13-15(12-18(21(20)26)19-8-9-23-25-19)22(27)24-16-4-6-17(28-3)7-5-16/h4-9,12-14H,10-11H2,1-3H3,(H,23,25)(H,24,27). The van der Waals surface area contributed by atoms with Crippen LogP contribution in [0, 0.1) is 0 Å². The second-order valence-corrected chi connectivity index (χ2v) is 7.16. The lowest BCUT2D eigenvalue weighted by Gasteiger charge is -2.36. The number of anilines is 2. The lowest BCUT2D eigenvalue weighted by Crippen LogP contribution is -2.38. The van der Waals surface area contributed by atoms with Gasteiger partial charge in [0.25, 0.3) is 5.91 Å². The Morgan fingerprint density at radius 1 is 1.24 bits per heavy atom. The van der Waals surface area contributed by atoms with Gasteiger partial charge in [0.1, 0.15) is 18.1 Å². The largest absolute Gasteiger partial charge is 0.497 e. The highest BCUT2D eigenvalue weighted by atomic mass is 16.5. The number of rotatable bonds is 5. The molecular formula is C22H24N4O3. The summed E-state index contributed by atoms with van der Waals surface area (Å²) in [5.41, 5.74) is 3.94. The molecule has 1 aliphatic heterocycles. The number of carbonyl (C=O) groups is 1. The van der Waals surface area contributed by atoms with Gasteiger partial charge >= 0.3 is 0 Å². The maximum Gasteiger partial charge on any atom is 0.255 e. The van der Waals surface area contributed by atoms with Crippen molar-refractivity contribution < 1.29 is 14.3 Å². The molecule has 2 aromatic carbocycles. The van der Waals surface area contributed by atoms with E-state index in [1.807, 2.05) is 42.5 Å². The van der Waals surface area contributed by atoms with Crippen LogP contribution < -0.4 is 19.7 Å². The molecule has 7 nitrogen and oxygen atoms in total. The number of aromatic amines is 1. The van der Waals surface area contributed by atoms with E-state index in [-0.39, 0.29) is 5.91 Å². The number of hydrogen-bond donors (Lipinski definition) is 2. The van der Waals surface area contributed by atoms with Crippen LogP contribution in [0.4, 0.5) is 11.4 Å².